The SMILES string of the molecule is CCOC1CC(NCC(C)C(C)(C)C)C12CCCC2. The minimum Gasteiger partial charge on any atom is -0.378 e. The number of rotatable bonds is 5. The molecule has 0 aromatic rings. The van der Waals surface area contributed by atoms with E-state index in [1.165, 1.54) is 32.1 Å². The topological polar surface area (TPSA) is 21.3 Å². The van der Waals surface area contributed by atoms with E-state index in [4.69, 9.17) is 4.74 Å². The van der Waals surface area contributed by atoms with E-state index < -0.39 is 0 Å². The predicted octanol–water partition coefficient (Wildman–Crippen LogP) is 4.00. The molecule has 2 nitrogen and oxygen atoms in total. The summed E-state index contributed by atoms with van der Waals surface area (Å²) in [4.78, 5) is 0. The molecule has 0 aromatic heterocycles. The first-order valence-electron chi connectivity index (χ1n) is 8.25. The Morgan fingerprint density at radius 1 is 1.26 bits per heavy atom. The summed E-state index contributed by atoms with van der Waals surface area (Å²) in [5.41, 5.74) is 0.881. The van der Waals surface area contributed by atoms with Crippen LogP contribution in [0, 0.1) is 16.7 Å². The van der Waals surface area contributed by atoms with Crippen LogP contribution in [0.1, 0.15) is 66.7 Å². The molecular weight excluding hydrogens is 234 g/mol. The highest BCUT2D eigenvalue weighted by molar-refractivity contribution is 5.10. The zero-order valence-electron chi connectivity index (χ0n) is 13.6. The number of ether oxygens (including phenoxy) is 1. The van der Waals surface area contributed by atoms with Gasteiger partial charge >= 0.3 is 0 Å². The summed E-state index contributed by atoms with van der Waals surface area (Å²) < 4.78 is 5.98. The van der Waals surface area contributed by atoms with Crippen LogP contribution in [-0.2, 0) is 4.74 Å². The lowest BCUT2D eigenvalue weighted by Gasteiger charge is -2.54. The van der Waals surface area contributed by atoms with E-state index in [0.717, 1.165) is 19.1 Å². The van der Waals surface area contributed by atoms with Gasteiger partial charge in [0, 0.05) is 18.1 Å². The minimum atomic E-state index is 0.402. The Balaban J connectivity index is 1.88. The molecular formula is C17H33NO. The highest BCUT2D eigenvalue weighted by Crippen LogP contribution is 2.54. The van der Waals surface area contributed by atoms with Crippen molar-refractivity contribution in [3.05, 3.63) is 0 Å². The molecule has 19 heavy (non-hydrogen) atoms. The van der Waals surface area contributed by atoms with Crippen LogP contribution in [0.15, 0.2) is 0 Å². The summed E-state index contributed by atoms with van der Waals surface area (Å²) in [6, 6.07) is 0.705. The van der Waals surface area contributed by atoms with Gasteiger partial charge in [0.1, 0.15) is 0 Å². The van der Waals surface area contributed by atoms with Gasteiger partial charge in [-0.15, -0.1) is 0 Å². The van der Waals surface area contributed by atoms with Crippen LogP contribution in [0.4, 0.5) is 0 Å². The third-order valence-corrected chi connectivity index (χ3v) is 5.84. The highest BCUT2D eigenvalue weighted by atomic mass is 16.5. The monoisotopic (exact) mass is 267 g/mol. The lowest BCUT2D eigenvalue weighted by atomic mass is 9.60. The Morgan fingerprint density at radius 2 is 1.89 bits per heavy atom. The van der Waals surface area contributed by atoms with Crippen LogP contribution < -0.4 is 5.32 Å². The molecule has 2 saturated carbocycles. The van der Waals surface area contributed by atoms with Gasteiger partial charge < -0.3 is 10.1 Å². The largest absolute Gasteiger partial charge is 0.378 e. The molecule has 2 aliphatic carbocycles. The van der Waals surface area contributed by atoms with Crippen molar-refractivity contribution in [1.29, 1.82) is 0 Å². The van der Waals surface area contributed by atoms with E-state index in [1.54, 1.807) is 0 Å². The van der Waals surface area contributed by atoms with Crippen LogP contribution in [0.3, 0.4) is 0 Å². The van der Waals surface area contributed by atoms with Crippen LogP contribution >= 0.6 is 0 Å². The Kier molecular flexibility index (Phi) is 4.62. The number of hydrogen-bond acceptors (Lipinski definition) is 2. The molecule has 0 radical (unpaired) electrons. The van der Waals surface area contributed by atoms with Crippen molar-refractivity contribution < 1.29 is 4.74 Å². The summed E-state index contributed by atoms with van der Waals surface area (Å²) in [5.74, 6) is 0.720. The molecule has 0 saturated heterocycles. The number of nitrogens with one attached hydrogen (secondary N) is 1. The van der Waals surface area contributed by atoms with Gasteiger partial charge in [0.2, 0.25) is 0 Å². The van der Waals surface area contributed by atoms with E-state index in [0.29, 0.717) is 23.0 Å². The molecule has 2 aliphatic rings. The predicted molar refractivity (Wildman–Crippen MR) is 81.3 cm³/mol. The first kappa shape index (κ1) is 15.3. The molecule has 2 heteroatoms. The van der Waals surface area contributed by atoms with Crippen molar-refractivity contribution >= 4 is 0 Å². The second-order valence-electron chi connectivity index (χ2n) is 7.85. The van der Waals surface area contributed by atoms with Gasteiger partial charge in [-0.05, 0) is 44.1 Å². The van der Waals surface area contributed by atoms with Crippen LogP contribution in [-0.4, -0.2) is 25.3 Å². The van der Waals surface area contributed by atoms with Gasteiger partial charge in [-0.1, -0.05) is 40.5 Å². The Morgan fingerprint density at radius 3 is 2.42 bits per heavy atom. The fraction of sp³-hybridized carbons (Fsp3) is 1.00. The molecule has 3 unspecified atom stereocenters. The van der Waals surface area contributed by atoms with Crippen molar-refractivity contribution in [2.45, 2.75) is 78.9 Å². The van der Waals surface area contributed by atoms with Gasteiger partial charge in [-0.2, -0.15) is 0 Å². The molecule has 0 bridgehead atoms. The molecule has 1 spiro atoms. The molecule has 0 heterocycles. The summed E-state index contributed by atoms with van der Waals surface area (Å²) in [6.07, 6.45) is 7.30. The molecule has 0 amide bonds. The Hall–Kier alpha value is -0.0800. The zero-order chi connectivity index (χ0) is 14.1. The molecule has 3 atom stereocenters. The Labute approximate surface area is 119 Å². The lowest BCUT2D eigenvalue weighted by Crippen LogP contribution is -2.63. The maximum Gasteiger partial charge on any atom is 0.0661 e. The molecule has 2 fully saturated rings. The molecule has 2 rings (SSSR count). The quantitative estimate of drug-likeness (QED) is 0.813. The summed E-state index contributed by atoms with van der Waals surface area (Å²) in [5, 5.41) is 3.87. The molecule has 0 aliphatic heterocycles. The third kappa shape index (κ3) is 3.00. The van der Waals surface area contributed by atoms with Crippen LogP contribution in [0.25, 0.3) is 0 Å². The Bertz CT molecular complexity index is 288. The van der Waals surface area contributed by atoms with Crippen LogP contribution in [0.2, 0.25) is 0 Å². The van der Waals surface area contributed by atoms with E-state index in [1.807, 2.05) is 0 Å². The molecule has 1 N–H and O–H groups in total. The fourth-order valence-corrected chi connectivity index (χ4v) is 3.80. The average Bonchev–Trinajstić information content (AvgIpc) is 2.83. The van der Waals surface area contributed by atoms with E-state index in [2.05, 4.69) is 39.9 Å². The van der Waals surface area contributed by atoms with Crippen molar-refractivity contribution in [3.63, 3.8) is 0 Å². The normalized spacial score (nSPS) is 31.4. The zero-order valence-corrected chi connectivity index (χ0v) is 13.6. The first-order valence-corrected chi connectivity index (χ1v) is 8.25. The van der Waals surface area contributed by atoms with Gasteiger partial charge in [0.25, 0.3) is 0 Å². The fourth-order valence-electron chi connectivity index (χ4n) is 3.80. The number of hydrogen-bond donors (Lipinski definition) is 1. The third-order valence-electron chi connectivity index (χ3n) is 5.84. The van der Waals surface area contributed by atoms with Crippen molar-refractivity contribution in [3.8, 4) is 0 Å². The summed E-state index contributed by atoms with van der Waals surface area (Å²) in [7, 11) is 0. The maximum absolute atomic E-state index is 5.98. The highest BCUT2D eigenvalue weighted by Gasteiger charge is 2.56. The first-order chi connectivity index (χ1) is 8.90. The van der Waals surface area contributed by atoms with Crippen molar-refractivity contribution in [2.24, 2.45) is 16.7 Å². The van der Waals surface area contributed by atoms with Gasteiger partial charge in [0.05, 0.1) is 6.10 Å². The maximum atomic E-state index is 5.98. The van der Waals surface area contributed by atoms with Gasteiger partial charge in [0.15, 0.2) is 0 Å². The summed E-state index contributed by atoms with van der Waals surface area (Å²) in [6.45, 7) is 13.5. The standard InChI is InChI=1S/C17H33NO/c1-6-19-15-11-14(17(15)9-7-8-10-17)18-12-13(2)16(3,4)5/h13-15,18H,6-12H2,1-5H3. The van der Waals surface area contributed by atoms with Crippen LogP contribution in [0.5, 0.6) is 0 Å². The van der Waals surface area contributed by atoms with Crippen molar-refractivity contribution in [1.82, 2.24) is 5.32 Å². The van der Waals surface area contributed by atoms with E-state index >= 15 is 0 Å². The smallest absolute Gasteiger partial charge is 0.0661 e. The minimum absolute atomic E-state index is 0.402. The van der Waals surface area contributed by atoms with Crippen molar-refractivity contribution in [2.75, 3.05) is 13.2 Å². The van der Waals surface area contributed by atoms with E-state index in [-0.39, 0.29) is 0 Å². The molecule has 112 valence electrons. The van der Waals surface area contributed by atoms with E-state index in [9.17, 15) is 0 Å². The average molecular weight is 267 g/mol. The van der Waals surface area contributed by atoms with Gasteiger partial charge in [-0.3, -0.25) is 0 Å². The molecule has 0 aromatic carbocycles. The summed E-state index contributed by atoms with van der Waals surface area (Å²) >= 11 is 0. The lowest BCUT2D eigenvalue weighted by molar-refractivity contribution is -0.131. The second kappa shape index (κ2) is 5.73. The second-order valence-corrected chi connectivity index (χ2v) is 7.85. The van der Waals surface area contributed by atoms with Gasteiger partial charge in [-0.25, -0.2) is 0 Å².